The Morgan fingerprint density at radius 3 is 2.50 bits per heavy atom. The third kappa shape index (κ3) is 4.20. The molecule has 0 bridgehead atoms. The molecule has 140 valence electrons. The van der Waals surface area contributed by atoms with Crippen LogP contribution in [0.15, 0.2) is 78.9 Å². The molecule has 3 aromatic carbocycles. The molecular weight excluding hydrogens is 355 g/mol. The zero-order valence-electron chi connectivity index (χ0n) is 15.1. The molecule has 0 saturated carbocycles. The number of rotatable bonds is 6. The van der Waals surface area contributed by atoms with Crippen molar-refractivity contribution in [1.29, 1.82) is 0 Å². The van der Waals surface area contributed by atoms with Crippen molar-refractivity contribution in [1.82, 2.24) is 10.3 Å². The minimum absolute atomic E-state index is 0.215. The molecular formula is C23H19FN2O2. The second-order valence-corrected chi connectivity index (χ2v) is 6.52. The number of carbonyl (C=O) groups is 1. The molecule has 0 aliphatic heterocycles. The summed E-state index contributed by atoms with van der Waals surface area (Å²) in [6, 6.07) is 23.5. The monoisotopic (exact) mass is 374 g/mol. The molecule has 1 aromatic heterocycles. The van der Waals surface area contributed by atoms with Gasteiger partial charge in [0.05, 0.1) is 0 Å². The Bertz CT molecular complexity index is 1090. The number of aromatic amines is 1. The van der Waals surface area contributed by atoms with E-state index in [1.807, 2.05) is 48.5 Å². The Morgan fingerprint density at radius 2 is 1.71 bits per heavy atom. The number of hydrogen-bond acceptors (Lipinski definition) is 2. The summed E-state index contributed by atoms with van der Waals surface area (Å²) < 4.78 is 18.8. The minimum Gasteiger partial charge on any atom is -0.489 e. The second kappa shape index (κ2) is 7.96. The molecule has 1 heterocycles. The van der Waals surface area contributed by atoms with Crippen LogP contribution in [0.5, 0.6) is 5.75 Å². The summed E-state index contributed by atoms with van der Waals surface area (Å²) in [4.78, 5) is 15.5. The Hall–Kier alpha value is -3.60. The fourth-order valence-corrected chi connectivity index (χ4v) is 2.94. The van der Waals surface area contributed by atoms with Crippen LogP contribution in [-0.4, -0.2) is 10.9 Å². The summed E-state index contributed by atoms with van der Waals surface area (Å²) >= 11 is 0. The van der Waals surface area contributed by atoms with Crippen LogP contribution in [0.25, 0.3) is 10.9 Å². The number of carbonyl (C=O) groups excluding carboxylic acids is 1. The molecule has 5 heteroatoms. The molecule has 0 spiro atoms. The number of fused-ring (bicyclic) bond motifs is 1. The third-order valence-electron chi connectivity index (χ3n) is 4.45. The predicted octanol–water partition coefficient (Wildman–Crippen LogP) is 4.82. The maximum Gasteiger partial charge on any atom is 0.267 e. The Morgan fingerprint density at radius 1 is 0.929 bits per heavy atom. The third-order valence-corrected chi connectivity index (χ3v) is 4.45. The maximum atomic E-state index is 13.0. The molecule has 0 aliphatic carbocycles. The zero-order chi connectivity index (χ0) is 19.3. The summed E-state index contributed by atoms with van der Waals surface area (Å²) in [7, 11) is 0. The van der Waals surface area contributed by atoms with E-state index in [2.05, 4.69) is 10.3 Å². The molecule has 0 unspecified atom stereocenters. The fourth-order valence-electron chi connectivity index (χ4n) is 2.94. The molecule has 4 nitrogen and oxygen atoms in total. The highest BCUT2D eigenvalue weighted by molar-refractivity contribution is 5.98. The van der Waals surface area contributed by atoms with E-state index in [1.165, 1.54) is 12.1 Å². The lowest BCUT2D eigenvalue weighted by Gasteiger charge is -2.06. The van der Waals surface area contributed by atoms with Gasteiger partial charge in [-0.15, -0.1) is 0 Å². The standard InChI is InChI=1S/C23H19FN2O2/c24-19-9-6-16(7-10-19)14-25-23(27)22-12-18-8-11-20(13-21(18)26-22)28-15-17-4-2-1-3-5-17/h1-13,26H,14-15H2,(H,25,27). The Kier molecular flexibility index (Phi) is 5.06. The van der Waals surface area contributed by atoms with Crippen molar-refractivity contribution in [2.45, 2.75) is 13.2 Å². The number of H-pyrrole nitrogens is 1. The number of benzene rings is 3. The first-order valence-electron chi connectivity index (χ1n) is 8.99. The highest BCUT2D eigenvalue weighted by Gasteiger charge is 2.10. The SMILES string of the molecule is O=C(NCc1ccc(F)cc1)c1cc2ccc(OCc3ccccc3)cc2[nH]1. The van der Waals surface area contributed by atoms with Gasteiger partial charge in [-0.05, 0) is 41.5 Å². The number of nitrogens with one attached hydrogen (secondary N) is 2. The maximum absolute atomic E-state index is 13.0. The summed E-state index contributed by atoms with van der Waals surface area (Å²) in [6.45, 7) is 0.817. The fraction of sp³-hybridized carbons (Fsp3) is 0.0870. The van der Waals surface area contributed by atoms with Gasteiger partial charge in [0.25, 0.3) is 5.91 Å². The number of halogens is 1. The van der Waals surface area contributed by atoms with Gasteiger partial charge in [-0.1, -0.05) is 42.5 Å². The molecule has 0 radical (unpaired) electrons. The normalized spacial score (nSPS) is 10.8. The van der Waals surface area contributed by atoms with E-state index in [-0.39, 0.29) is 11.7 Å². The quantitative estimate of drug-likeness (QED) is 0.509. The van der Waals surface area contributed by atoms with Gasteiger partial charge >= 0.3 is 0 Å². The van der Waals surface area contributed by atoms with Gasteiger partial charge in [-0.25, -0.2) is 4.39 Å². The van der Waals surface area contributed by atoms with Gasteiger partial charge in [-0.3, -0.25) is 4.79 Å². The summed E-state index contributed by atoms with van der Waals surface area (Å²) in [5, 5.41) is 3.76. The van der Waals surface area contributed by atoms with Crippen LogP contribution in [0.3, 0.4) is 0 Å². The van der Waals surface area contributed by atoms with Gasteiger partial charge in [0, 0.05) is 23.5 Å². The van der Waals surface area contributed by atoms with Crippen molar-refractivity contribution in [2.75, 3.05) is 0 Å². The van der Waals surface area contributed by atoms with E-state index >= 15 is 0 Å². The molecule has 4 aromatic rings. The summed E-state index contributed by atoms with van der Waals surface area (Å²) in [5.74, 6) is 0.222. The Labute approximate surface area is 162 Å². The average molecular weight is 374 g/mol. The second-order valence-electron chi connectivity index (χ2n) is 6.52. The van der Waals surface area contributed by atoms with Crippen molar-refractivity contribution in [3.05, 3.63) is 102 Å². The van der Waals surface area contributed by atoms with Crippen molar-refractivity contribution >= 4 is 16.8 Å². The van der Waals surface area contributed by atoms with E-state index in [9.17, 15) is 9.18 Å². The lowest BCUT2D eigenvalue weighted by atomic mass is 10.2. The van der Waals surface area contributed by atoms with Gasteiger partial charge in [-0.2, -0.15) is 0 Å². The number of amides is 1. The van der Waals surface area contributed by atoms with Crippen LogP contribution in [0, 0.1) is 5.82 Å². The molecule has 0 atom stereocenters. The van der Waals surface area contributed by atoms with Crippen molar-refractivity contribution in [3.63, 3.8) is 0 Å². The lowest BCUT2D eigenvalue weighted by Crippen LogP contribution is -2.23. The molecule has 28 heavy (non-hydrogen) atoms. The first kappa shape index (κ1) is 17.8. The van der Waals surface area contributed by atoms with Gasteiger partial charge in [0.2, 0.25) is 0 Å². The van der Waals surface area contributed by atoms with Crippen LogP contribution in [-0.2, 0) is 13.2 Å². The minimum atomic E-state index is -0.295. The van der Waals surface area contributed by atoms with Crippen LogP contribution in [0.1, 0.15) is 21.6 Å². The van der Waals surface area contributed by atoms with Gasteiger partial charge < -0.3 is 15.0 Å². The van der Waals surface area contributed by atoms with Crippen LogP contribution in [0.2, 0.25) is 0 Å². The van der Waals surface area contributed by atoms with Crippen molar-refractivity contribution in [3.8, 4) is 5.75 Å². The average Bonchev–Trinajstić information content (AvgIpc) is 3.16. The smallest absolute Gasteiger partial charge is 0.267 e. The number of aromatic nitrogens is 1. The Balaban J connectivity index is 1.42. The van der Waals surface area contributed by atoms with E-state index < -0.39 is 0 Å². The largest absolute Gasteiger partial charge is 0.489 e. The van der Waals surface area contributed by atoms with E-state index in [0.29, 0.717) is 18.8 Å². The van der Waals surface area contributed by atoms with E-state index in [1.54, 1.807) is 18.2 Å². The first-order valence-corrected chi connectivity index (χ1v) is 8.99. The molecule has 0 aliphatic rings. The molecule has 1 amide bonds. The number of ether oxygens (including phenoxy) is 1. The van der Waals surface area contributed by atoms with Crippen LogP contribution >= 0.6 is 0 Å². The van der Waals surface area contributed by atoms with Gasteiger partial charge in [0.1, 0.15) is 23.9 Å². The summed E-state index contributed by atoms with van der Waals surface area (Å²) in [5.41, 5.74) is 3.23. The highest BCUT2D eigenvalue weighted by Crippen LogP contribution is 2.22. The topological polar surface area (TPSA) is 54.1 Å². The van der Waals surface area contributed by atoms with E-state index in [0.717, 1.165) is 27.8 Å². The molecule has 4 rings (SSSR count). The summed E-state index contributed by atoms with van der Waals surface area (Å²) in [6.07, 6.45) is 0. The molecule has 2 N–H and O–H groups in total. The van der Waals surface area contributed by atoms with Crippen LogP contribution < -0.4 is 10.1 Å². The van der Waals surface area contributed by atoms with Gasteiger partial charge in [0.15, 0.2) is 0 Å². The lowest BCUT2D eigenvalue weighted by molar-refractivity contribution is 0.0946. The first-order chi connectivity index (χ1) is 13.7. The molecule has 0 fully saturated rings. The number of hydrogen-bond donors (Lipinski definition) is 2. The highest BCUT2D eigenvalue weighted by atomic mass is 19.1. The van der Waals surface area contributed by atoms with Crippen molar-refractivity contribution < 1.29 is 13.9 Å². The van der Waals surface area contributed by atoms with Crippen molar-refractivity contribution in [2.24, 2.45) is 0 Å². The molecule has 0 saturated heterocycles. The predicted molar refractivity (Wildman–Crippen MR) is 107 cm³/mol. The van der Waals surface area contributed by atoms with Crippen LogP contribution in [0.4, 0.5) is 4.39 Å². The van der Waals surface area contributed by atoms with E-state index in [4.69, 9.17) is 4.74 Å². The zero-order valence-corrected chi connectivity index (χ0v) is 15.1.